The van der Waals surface area contributed by atoms with Crippen molar-refractivity contribution in [3.05, 3.63) is 42.5 Å². The number of amides is 1. The lowest BCUT2D eigenvalue weighted by Gasteiger charge is -2.17. The van der Waals surface area contributed by atoms with Crippen LogP contribution in [0.1, 0.15) is 12.8 Å². The second kappa shape index (κ2) is 4.92. The highest BCUT2D eigenvalue weighted by atomic mass is 16.2. The zero-order chi connectivity index (χ0) is 13.2. The smallest absolute Gasteiger partial charge is 0.241 e. The number of fused-ring (bicyclic) bond motifs is 1. The minimum atomic E-state index is 0.162. The maximum Gasteiger partial charge on any atom is 0.241 e. The molecule has 1 fully saturated rings. The normalized spacial score (nSPS) is 14.4. The Bertz CT molecular complexity index is 599. The third-order valence-corrected chi connectivity index (χ3v) is 3.71. The zero-order valence-corrected chi connectivity index (χ0v) is 11.1. The Morgan fingerprint density at radius 2 is 1.95 bits per heavy atom. The van der Waals surface area contributed by atoms with E-state index in [1.807, 2.05) is 36.2 Å². The highest BCUT2D eigenvalue weighted by Gasteiger charge is 2.29. The van der Waals surface area contributed by atoms with E-state index in [-0.39, 0.29) is 5.91 Å². The minimum absolute atomic E-state index is 0.162. The van der Waals surface area contributed by atoms with Crippen LogP contribution in [0.25, 0.3) is 10.8 Å². The second-order valence-corrected chi connectivity index (χ2v) is 5.12. The van der Waals surface area contributed by atoms with E-state index in [1.165, 1.54) is 5.39 Å². The van der Waals surface area contributed by atoms with Crippen LogP contribution in [-0.2, 0) is 4.79 Å². The number of nitrogens with one attached hydrogen (secondary N) is 1. The van der Waals surface area contributed by atoms with Crippen molar-refractivity contribution in [1.82, 2.24) is 4.90 Å². The molecule has 2 aromatic rings. The molecule has 3 rings (SSSR count). The van der Waals surface area contributed by atoms with Crippen LogP contribution in [-0.4, -0.2) is 30.4 Å². The van der Waals surface area contributed by atoms with Crippen molar-refractivity contribution >= 4 is 22.4 Å². The quantitative estimate of drug-likeness (QED) is 0.910. The molecule has 0 radical (unpaired) electrons. The number of anilines is 1. The van der Waals surface area contributed by atoms with E-state index in [0.29, 0.717) is 12.6 Å². The largest absolute Gasteiger partial charge is 0.376 e. The molecule has 0 bridgehead atoms. The van der Waals surface area contributed by atoms with Gasteiger partial charge in [0.05, 0.1) is 6.54 Å². The molecule has 1 N–H and O–H groups in total. The summed E-state index contributed by atoms with van der Waals surface area (Å²) in [5.74, 6) is 0.162. The van der Waals surface area contributed by atoms with Crippen molar-refractivity contribution in [3.63, 3.8) is 0 Å². The molecule has 0 heterocycles. The first-order valence-corrected chi connectivity index (χ1v) is 6.73. The van der Waals surface area contributed by atoms with Crippen LogP contribution in [0.5, 0.6) is 0 Å². The summed E-state index contributed by atoms with van der Waals surface area (Å²) in [5, 5.41) is 5.61. The molecule has 0 unspecified atom stereocenters. The van der Waals surface area contributed by atoms with Crippen LogP contribution in [0.15, 0.2) is 42.5 Å². The topological polar surface area (TPSA) is 32.3 Å². The van der Waals surface area contributed by atoms with Crippen LogP contribution in [0.2, 0.25) is 0 Å². The Balaban J connectivity index is 1.73. The van der Waals surface area contributed by atoms with Crippen molar-refractivity contribution in [2.45, 2.75) is 18.9 Å². The summed E-state index contributed by atoms with van der Waals surface area (Å²) in [6.45, 7) is 0.362. The van der Waals surface area contributed by atoms with Gasteiger partial charge in [-0.3, -0.25) is 4.79 Å². The summed E-state index contributed by atoms with van der Waals surface area (Å²) >= 11 is 0. The molecule has 1 aliphatic carbocycles. The van der Waals surface area contributed by atoms with Crippen molar-refractivity contribution in [2.75, 3.05) is 18.9 Å². The van der Waals surface area contributed by atoms with E-state index in [1.54, 1.807) is 0 Å². The fourth-order valence-corrected chi connectivity index (χ4v) is 2.34. The SMILES string of the molecule is CN(C(=O)CNc1cccc2ccccc12)C1CC1. The van der Waals surface area contributed by atoms with Crippen molar-refractivity contribution < 1.29 is 4.79 Å². The van der Waals surface area contributed by atoms with Gasteiger partial charge in [0.1, 0.15) is 0 Å². The summed E-state index contributed by atoms with van der Waals surface area (Å²) in [4.78, 5) is 13.9. The molecule has 1 saturated carbocycles. The highest BCUT2D eigenvalue weighted by molar-refractivity contribution is 5.95. The predicted octanol–water partition coefficient (Wildman–Crippen LogP) is 2.87. The Labute approximate surface area is 113 Å². The van der Waals surface area contributed by atoms with E-state index < -0.39 is 0 Å². The molecule has 0 atom stereocenters. The average Bonchev–Trinajstić information content (AvgIpc) is 3.28. The molecule has 98 valence electrons. The number of benzene rings is 2. The third kappa shape index (κ3) is 2.55. The molecule has 3 nitrogen and oxygen atoms in total. The molecule has 3 heteroatoms. The number of rotatable bonds is 4. The molecule has 1 amide bonds. The first-order valence-electron chi connectivity index (χ1n) is 6.73. The highest BCUT2D eigenvalue weighted by Crippen LogP contribution is 2.26. The lowest BCUT2D eigenvalue weighted by atomic mass is 10.1. The molecular formula is C16H18N2O. The van der Waals surface area contributed by atoms with Gasteiger partial charge in [0.25, 0.3) is 0 Å². The number of hydrogen-bond donors (Lipinski definition) is 1. The van der Waals surface area contributed by atoms with Crippen molar-refractivity contribution in [1.29, 1.82) is 0 Å². The lowest BCUT2D eigenvalue weighted by molar-refractivity contribution is -0.128. The first-order chi connectivity index (χ1) is 9.25. The van der Waals surface area contributed by atoms with Crippen LogP contribution in [0.4, 0.5) is 5.69 Å². The van der Waals surface area contributed by atoms with Crippen molar-refractivity contribution in [2.24, 2.45) is 0 Å². The number of carbonyl (C=O) groups is 1. The van der Waals surface area contributed by atoms with Crippen LogP contribution >= 0.6 is 0 Å². The van der Waals surface area contributed by atoms with E-state index in [2.05, 4.69) is 23.5 Å². The molecule has 19 heavy (non-hydrogen) atoms. The third-order valence-electron chi connectivity index (χ3n) is 3.71. The van der Waals surface area contributed by atoms with E-state index in [0.717, 1.165) is 23.9 Å². The van der Waals surface area contributed by atoms with Crippen LogP contribution < -0.4 is 5.32 Å². The fourth-order valence-electron chi connectivity index (χ4n) is 2.34. The van der Waals surface area contributed by atoms with Gasteiger partial charge in [0.15, 0.2) is 0 Å². The van der Waals surface area contributed by atoms with E-state index in [4.69, 9.17) is 0 Å². The van der Waals surface area contributed by atoms with Crippen molar-refractivity contribution in [3.8, 4) is 0 Å². The van der Waals surface area contributed by atoms with Gasteiger partial charge in [0, 0.05) is 24.2 Å². The van der Waals surface area contributed by atoms with E-state index in [9.17, 15) is 4.79 Å². The molecule has 0 saturated heterocycles. The van der Waals surface area contributed by atoms with Crippen LogP contribution in [0, 0.1) is 0 Å². The number of carbonyl (C=O) groups excluding carboxylic acids is 1. The Morgan fingerprint density at radius 1 is 1.21 bits per heavy atom. The van der Waals surface area contributed by atoms with Gasteiger partial charge in [-0.25, -0.2) is 0 Å². The van der Waals surface area contributed by atoms with Gasteiger partial charge in [-0.1, -0.05) is 36.4 Å². The van der Waals surface area contributed by atoms with Gasteiger partial charge < -0.3 is 10.2 Å². The predicted molar refractivity (Wildman–Crippen MR) is 78.2 cm³/mol. The maximum atomic E-state index is 12.0. The summed E-state index contributed by atoms with van der Waals surface area (Å²) in [6, 6.07) is 14.8. The number of hydrogen-bond acceptors (Lipinski definition) is 2. The number of nitrogens with zero attached hydrogens (tertiary/aromatic N) is 1. The molecule has 0 aromatic heterocycles. The molecule has 0 spiro atoms. The second-order valence-electron chi connectivity index (χ2n) is 5.12. The Morgan fingerprint density at radius 3 is 2.74 bits per heavy atom. The van der Waals surface area contributed by atoms with Gasteiger partial charge in [0.2, 0.25) is 5.91 Å². The molecule has 1 aliphatic rings. The monoisotopic (exact) mass is 254 g/mol. The zero-order valence-electron chi connectivity index (χ0n) is 11.1. The molecule has 2 aromatic carbocycles. The summed E-state index contributed by atoms with van der Waals surface area (Å²) in [6.07, 6.45) is 2.30. The number of likely N-dealkylation sites (N-methyl/N-ethyl adjacent to an activating group) is 1. The maximum absolute atomic E-state index is 12.0. The Kier molecular flexibility index (Phi) is 3.11. The molecule has 0 aliphatic heterocycles. The lowest BCUT2D eigenvalue weighted by Crippen LogP contribution is -2.33. The molecular weight excluding hydrogens is 236 g/mol. The van der Waals surface area contributed by atoms with Crippen LogP contribution in [0.3, 0.4) is 0 Å². The summed E-state index contributed by atoms with van der Waals surface area (Å²) < 4.78 is 0. The fraction of sp³-hybridized carbons (Fsp3) is 0.312. The van der Waals surface area contributed by atoms with Gasteiger partial charge in [-0.05, 0) is 24.3 Å². The standard InChI is InChI=1S/C16H18N2O/c1-18(13-9-10-13)16(19)11-17-15-8-4-6-12-5-2-3-7-14(12)15/h2-8,13,17H,9-11H2,1H3. The first kappa shape index (κ1) is 12.0. The summed E-state index contributed by atoms with van der Waals surface area (Å²) in [5.41, 5.74) is 1.02. The van der Waals surface area contributed by atoms with Gasteiger partial charge in [-0.2, -0.15) is 0 Å². The van der Waals surface area contributed by atoms with E-state index >= 15 is 0 Å². The van der Waals surface area contributed by atoms with Gasteiger partial charge in [-0.15, -0.1) is 0 Å². The minimum Gasteiger partial charge on any atom is -0.376 e. The van der Waals surface area contributed by atoms with Gasteiger partial charge >= 0.3 is 0 Å². The average molecular weight is 254 g/mol. The Hall–Kier alpha value is -2.03. The summed E-state index contributed by atoms with van der Waals surface area (Å²) in [7, 11) is 1.89.